The van der Waals surface area contributed by atoms with Crippen LogP contribution >= 0.6 is 23.4 Å². The fourth-order valence-corrected chi connectivity index (χ4v) is 3.13. The van der Waals surface area contributed by atoms with E-state index in [1.807, 2.05) is 18.4 Å². The molecule has 0 spiro atoms. The third kappa shape index (κ3) is 3.78. The predicted molar refractivity (Wildman–Crippen MR) is 106 cm³/mol. The van der Waals surface area contributed by atoms with Crippen LogP contribution < -0.4 is 10.9 Å². The first-order valence-electron chi connectivity index (χ1n) is 8.12. The van der Waals surface area contributed by atoms with Crippen molar-refractivity contribution in [3.63, 3.8) is 0 Å². The van der Waals surface area contributed by atoms with E-state index >= 15 is 0 Å². The molecule has 0 aliphatic carbocycles. The number of carbonyl (C=O) groups is 1. The molecule has 0 bridgehead atoms. The Morgan fingerprint density at radius 3 is 2.77 bits per heavy atom. The molecule has 0 radical (unpaired) electrons. The molecule has 136 valence electrons. The number of fused-ring (bicyclic) bond motifs is 1. The summed E-state index contributed by atoms with van der Waals surface area (Å²) in [7, 11) is 0. The van der Waals surface area contributed by atoms with Crippen LogP contribution in [0, 0.1) is 6.92 Å². The Balaban J connectivity index is 1.95. The number of aromatic amines is 1. The largest absolute Gasteiger partial charge is 0.351 e. The number of nitrogens with zero attached hydrogens (tertiary/aromatic N) is 2. The molecule has 2 N–H and O–H groups in total. The van der Waals surface area contributed by atoms with E-state index in [0.717, 1.165) is 11.3 Å². The summed E-state index contributed by atoms with van der Waals surface area (Å²) < 4.78 is 1.32. The Kier molecular flexibility index (Phi) is 5.68. The maximum absolute atomic E-state index is 12.8. The number of benzene rings is 1. The molecule has 6 nitrogen and oxygen atoms in total. The Morgan fingerprint density at radius 1 is 1.35 bits per heavy atom. The van der Waals surface area contributed by atoms with Crippen LogP contribution in [-0.2, 0) is 6.42 Å². The van der Waals surface area contributed by atoms with Crippen LogP contribution in [0.25, 0.3) is 5.65 Å². The summed E-state index contributed by atoms with van der Waals surface area (Å²) in [6.07, 6.45) is 3.94. The topological polar surface area (TPSA) is 79.3 Å². The zero-order chi connectivity index (χ0) is 18.7. The van der Waals surface area contributed by atoms with Gasteiger partial charge in [0.1, 0.15) is 5.56 Å². The highest BCUT2D eigenvalue weighted by molar-refractivity contribution is 7.98. The van der Waals surface area contributed by atoms with Gasteiger partial charge in [-0.2, -0.15) is 11.8 Å². The fraction of sp³-hybridized carbons (Fsp3) is 0.278. The number of thioether (sulfide) groups is 1. The van der Waals surface area contributed by atoms with Gasteiger partial charge in [-0.25, -0.2) is 9.50 Å². The van der Waals surface area contributed by atoms with Crippen LogP contribution in [0.3, 0.4) is 0 Å². The molecule has 0 saturated heterocycles. The molecule has 8 heteroatoms. The van der Waals surface area contributed by atoms with Crippen molar-refractivity contribution in [2.45, 2.75) is 13.3 Å². The second-order valence-electron chi connectivity index (χ2n) is 5.88. The second-order valence-corrected chi connectivity index (χ2v) is 7.30. The zero-order valence-corrected chi connectivity index (χ0v) is 16.1. The minimum atomic E-state index is -0.241. The summed E-state index contributed by atoms with van der Waals surface area (Å²) in [5.41, 5.74) is 2.67. The van der Waals surface area contributed by atoms with Gasteiger partial charge in [0.25, 0.3) is 11.5 Å². The van der Waals surface area contributed by atoms with E-state index in [9.17, 15) is 9.59 Å². The van der Waals surface area contributed by atoms with Crippen LogP contribution in [0.15, 0.2) is 35.3 Å². The average molecular weight is 391 g/mol. The molecule has 0 atom stereocenters. The molecule has 2 aromatic heterocycles. The van der Waals surface area contributed by atoms with Gasteiger partial charge in [-0.1, -0.05) is 23.7 Å². The van der Waals surface area contributed by atoms with Crippen LogP contribution in [0.2, 0.25) is 5.02 Å². The number of halogens is 1. The van der Waals surface area contributed by atoms with Crippen LogP contribution in [0.4, 0.5) is 0 Å². The van der Waals surface area contributed by atoms with Gasteiger partial charge in [0.2, 0.25) is 0 Å². The van der Waals surface area contributed by atoms with Crippen LogP contribution in [-0.4, -0.2) is 39.1 Å². The van der Waals surface area contributed by atoms with Gasteiger partial charge in [-0.05, 0) is 30.9 Å². The van der Waals surface area contributed by atoms with Crippen molar-refractivity contribution >= 4 is 34.9 Å². The van der Waals surface area contributed by atoms with Gasteiger partial charge in [0.15, 0.2) is 5.65 Å². The number of hydrogen-bond donors (Lipinski definition) is 2. The highest BCUT2D eigenvalue weighted by atomic mass is 35.5. The first-order valence-corrected chi connectivity index (χ1v) is 9.89. The number of hydrogen-bond acceptors (Lipinski definition) is 4. The van der Waals surface area contributed by atoms with E-state index in [4.69, 9.17) is 11.6 Å². The summed E-state index contributed by atoms with van der Waals surface area (Å²) >= 11 is 7.56. The number of aromatic nitrogens is 3. The standard InChI is InChI=1S/C18H19ClN4O2S/c1-11-14(9-12-3-5-13(19)6-4-12)18(25)23-16(22-11)15(10-21-23)17(24)20-7-8-26-2/h3-6,10,21H,7-9H2,1-2H3,(H,20,24). The molecule has 2 heterocycles. The molecular weight excluding hydrogens is 372 g/mol. The van der Waals surface area contributed by atoms with E-state index in [-0.39, 0.29) is 11.5 Å². The van der Waals surface area contributed by atoms with Crippen molar-refractivity contribution in [3.05, 3.63) is 68.2 Å². The molecular formula is C18H19ClN4O2S. The van der Waals surface area contributed by atoms with Gasteiger partial charge in [-0.3, -0.25) is 14.7 Å². The number of rotatable bonds is 6. The lowest BCUT2D eigenvalue weighted by Gasteiger charge is -2.07. The fourth-order valence-electron chi connectivity index (χ4n) is 2.70. The Hall–Kier alpha value is -2.25. The average Bonchev–Trinajstić information content (AvgIpc) is 3.04. The van der Waals surface area contributed by atoms with E-state index in [2.05, 4.69) is 15.4 Å². The molecule has 0 unspecified atom stereocenters. The summed E-state index contributed by atoms with van der Waals surface area (Å²) in [6.45, 7) is 2.35. The maximum Gasteiger partial charge on any atom is 0.276 e. The van der Waals surface area contributed by atoms with Gasteiger partial charge in [0.05, 0.1) is 0 Å². The van der Waals surface area contributed by atoms with Crippen molar-refractivity contribution in [1.82, 2.24) is 19.9 Å². The molecule has 3 aromatic rings. The third-order valence-corrected chi connectivity index (χ3v) is 4.96. The van der Waals surface area contributed by atoms with Crippen LogP contribution in [0.5, 0.6) is 0 Å². The highest BCUT2D eigenvalue weighted by Gasteiger charge is 2.18. The Morgan fingerprint density at radius 2 is 2.08 bits per heavy atom. The molecule has 1 amide bonds. The lowest BCUT2D eigenvalue weighted by Crippen LogP contribution is -2.27. The molecule has 0 aliphatic rings. The van der Waals surface area contributed by atoms with Crippen molar-refractivity contribution < 1.29 is 4.79 Å². The molecule has 0 saturated carbocycles. The summed E-state index contributed by atoms with van der Waals surface area (Å²) in [4.78, 5) is 29.7. The summed E-state index contributed by atoms with van der Waals surface area (Å²) in [6, 6.07) is 7.35. The second kappa shape index (κ2) is 7.97. The van der Waals surface area contributed by atoms with Crippen molar-refractivity contribution in [1.29, 1.82) is 0 Å². The smallest absolute Gasteiger partial charge is 0.276 e. The van der Waals surface area contributed by atoms with Crippen molar-refractivity contribution in [3.8, 4) is 0 Å². The van der Waals surface area contributed by atoms with E-state index in [0.29, 0.717) is 40.5 Å². The lowest BCUT2D eigenvalue weighted by atomic mass is 10.1. The minimum Gasteiger partial charge on any atom is -0.351 e. The van der Waals surface area contributed by atoms with Gasteiger partial charge < -0.3 is 5.32 Å². The number of amides is 1. The van der Waals surface area contributed by atoms with Crippen molar-refractivity contribution in [2.24, 2.45) is 0 Å². The molecule has 0 aliphatic heterocycles. The molecule has 3 rings (SSSR count). The number of aryl methyl sites for hydroxylation is 1. The quantitative estimate of drug-likeness (QED) is 0.634. The third-order valence-electron chi connectivity index (χ3n) is 4.09. The van der Waals surface area contributed by atoms with Gasteiger partial charge in [0, 0.05) is 41.2 Å². The Bertz CT molecular complexity index is 995. The molecule has 26 heavy (non-hydrogen) atoms. The summed E-state index contributed by atoms with van der Waals surface area (Å²) in [5, 5.41) is 6.32. The lowest BCUT2D eigenvalue weighted by molar-refractivity contribution is 0.0957. The predicted octanol–water partition coefficient (Wildman–Crippen LogP) is 2.67. The first kappa shape index (κ1) is 18.5. The highest BCUT2D eigenvalue weighted by Crippen LogP contribution is 2.15. The minimum absolute atomic E-state index is 0.203. The van der Waals surface area contributed by atoms with Crippen LogP contribution in [0.1, 0.15) is 27.2 Å². The van der Waals surface area contributed by atoms with Gasteiger partial charge >= 0.3 is 0 Å². The Labute approximate surface area is 160 Å². The molecule has 0 fully saturated rings. The van der Waals surface area contributed by atoms with Crippen molar-refractivity contribution in [2.75, 3.05) is 18.6 Å². The SMILES string of the molecule is CSCCNC(=O)c1c[nH]n2c(=O)c(Cc3ccc(Cl)cc3)c(C)nc12. The normalized spacial score (nSPS) is 11.0. The monoisotopic (exact) mass is 390 g/mol. The molecule has 1 aromatic carbocycles. The number of H-pyrrole nitrogens is 1. The van der Waals surface area contributed by atoms with E-state index in [1.165, 1.54) is 10.7 Å². The number of nitrogens with one attached hydrogen (secondary N) is 2. The first-order chi connectivity index (χ1) is 12.5. The number of carbonyl (C=O) groups excluding carboxylic acids is 1. The zero-order valence-electron chi connectivity index (χ0n) is 14.5. The maximum atomic E-state index is 12.8. The van der Waals surface area contributed by atoms with Gasteiger partial charge in [-0.15, -0.1) is 0 Å². The van der Waals surface area contributed by atoms with E-state index in [1.54, 1.807) is 30.8 Å². The summed E-state index contributed by atoms with van der Waals surface area (Å²) in [5.74, 6) is 0.584. The van der Waals surface area contributed by atoms with E-state index < -0.39 is 0 Å².